The van der Waals surface area contributed by atoms with E-state index in [-0.39, 0.29) is 26.1 Å². The number of carbonyl (C=O) groups is 3. The summed E-state index contributed by atoms with van der Waals surface area (Å²) in [5, 5.41) is 0. The maximum Gasteiger partial charge on any atom is 0.338 e. The maximum absolute atomic E-state index is 12.8. The molecule has 0 aliphatic carbocycles. The summed E-state index contributed by atoms with van der Waals surface area (Å²) < 4.78 is 15.8. The molecule has 0 radical (unpaired) electrons. The molecule has 0 spiro atoms. The lowest BCUT2D eigenvalue weighted by molar-refractivity contribution is -0.173. The van der Waals surface area contributed by atoms with Crippen LogP contribution in [0.25, 0.3) is 0 Å². The number of rotatable bonds is 9. The van der Waals surface area contributed by atoms with E-state index in [1.54, 1.807) is 45.0 Å². The first-order chi connectivity index (χ1) is 14.6. The Hall–Kier alpha value is -3.19. The van der Waals surface area contributed by atoms with Gasteiger partial charge in [-0.3, -0.25) is 4.79 Å². The highest BCUT2D eigenvalue weighted by Crippen LogP contribution is 2.20. The molecular formula is C24H29NO6. The number of carbonyl (C=O) groups excluding carboxylic acids is 3. The lowest BCUT2D eigenvalue weighted by atomic mass is 9.94. The van der Waals surface area contributed by atoms with Crippen molar-refractivity contribution in [3.63, 3.8) is 0 Å². The van der Waals surface area contributed by atoms with E-state index in [4.69, 9.17) is 19.9 Å². The van der Waals surface area contributed by atoms with Gasteiger partial charge in [0.2, 0.25) is 5.54 Å². The summed E-state index contributed by atoms with van der Waals surface area (Å²) in [5.41, 5.74) is 4.72. The minimum atomic E-state index is -2.13. The van der Waals surface area contributed by atoms with Gasteiger partial charge in [0.1, 0.15) is 18.8 Å². The van der Waals surface area contributed by atoms with E-state index in [1.165, 1.54) is 0 Å². The highest BCUT2D eigenvalue weighted by atomic mass is 16.6. The number of nitrogens with two attached hydrogens (primary N) is 1. The van der Waals surface area contributed by atoms with Crippen LogP contribution in [0.5, 0.6) is 0 Å². The number of ether oxygens (including phenoxy) is 3. The van der Waals surface area contributed by atoms with Crippen molar-refractivity contribution < 1.29 is 28.6 Å². The van der Waals surface area contributed by atoms with E-state index in [2.05, 4.69) is 0 Å². The molecule has 7 heteroatoms. The smallest absolute Gasteiger partial charge is 0.338 e. The standard InChI is InChI=1S/C24H29NO6/c1-23(2,3)31-22(28)24(25,21(27)30-17-19-12-8-5-9-13-19)15-14-20(26)29-16-18-10-6-4-7-11-18/h4-13H,14-17,25H2,1-3H3/t24-/m1/s1. The third kappa shape index (κ3) is 7.86. The van der Waals surface area contributed by atoms with Crippen molar-refractivity contribution >= 4 is 17.9 Å². The predicted octanol–water partition coefficient (Wildman–Crippen LogP) is 3.29. The van der Waals surface area contributed by atoms with E-state index >= 15 is 0 Å². The Morgan fingerprint density at radius 2 is 1.26 bits per heavy atom. The van der Waals surface area contributed by atoms with Gasteiger partial charge in [-0.2, -0.15) is 0 Å². The third-order valence-corrected chi connectivity index (χ3v) is 4.31. The van der Waals surface area contributed by atoms with Gasteiger partial charge in [-0.1, -0.05) is 60.7 Å². The molecule has 7 nitrogen and oxygen atoms in total. The zero-order valence-electron chi connectivity index (χ0n) is 18.1. The van der Waals surface area contributed by atoms with Crippen LogP contribution in [0.2, 0.25) is 0 Å². The SMILES string of the molecule is CC(C)(C)OC(=O)[C@@](N)(CCC(=O)OCc1ccccc1)C(=O)OCc1ccccc1. The maximum atomic E-state index is 12.8. The molecule has 2 rings (SSSR count). The molecule has 0 unspecified atom stereocenters. The lowest BCUT2D eigenvalue weighted by Crippen LogP contribution is -2.58. The fraction of sp³-hybridized carbons (Fsp3) is 0.375. The molecule has 0 amide bonds. The van der Waals surface area contributed by atoms with Crippen LogP contribution in [0.15, 0.2) is 60.7 Å². The second-order valence-corrected chi connectivity index (χ2v) is 8.18. The summed E-state index contributed by atoms with van der Waals surface area (Å²) in [6.45, 7) is 5.01. The zero-order chi connectivity index (χ0) is 22.9. The van der Waals surface area contributed by atoms with Gasteiger partial charge in [0.15, 0.2) is 0 Å². The van der Waals surface area contributed by atoms with Crippen molar-refractivity contribution in [2.45, 2.75) is 58.0 Å². The Morgan fingerprint density at radius 3 is 1.74 bits per heavy atom. The van der Waals surface area contributed by atoms with E-state index in [9.17, 15) is 14.4 Å². The van der Waals surface area contributed by atoms with Crippen LogP contribution in [-0.4, -0.2) is 29.0 Å². The number of hydrogen-bond acceptors (Lipinski definition) is 7. The van der Waals surface area contributed by atoms with Crippen molar-refractivity contribution in [2.75, 3.05) is 0 Å². The van der Waals surface area contributed by atoms with E-state index in [1.807, 2.05) is 36.4 Å². The minimum absolute atomic E-state index is 0.0557. The summed E-state index contributed by atoms with van der Waals surface area (Å²) >= 11 is 0. The highest BCUT2D eigenvalue weighted by molar-refractivity contribution is 6.05. The van der Waals surface area contributed by atoms with Crippen molar-refractivity contribution in [1.82, 2.24) is 0 Å². The molecule has 2 aromatic carbocycles. The molecule has 2 N–H and O–H groups in total. The van der Waals surface area contributed by atoms with Gasteiger partial charge >= 0.3 is 17.9 Å². The Morgan fingerprint density at radius 1 is 0.774 bits per heavy atom. The third-order valence-electron chi connectivity index (χ3n) is 4.31. The fourth-order valence-electron chi connectivity index (χ4n) is 2.62. The van der Waals surface area contributed by atoms with Crippen LogP contribution >= 0.6 is 0 Å². The molecule has 0 bridgehead atoms. The topological polar surface area (TPSA) is 105 Å². The first-order valence-electron chi connectivity index (χ1n) is 10.0. The Balaban J connectivity index is 2.03. The van der Waals surface area contributed by atoms with Gasteiger partial charge in [-0.15, -0.1) is 0 Å². The Labute approximate surface area is 182 Å². The van der Waals surface area contributed by atoms with Gasteiger partial charge in [-0.05, 0) is 38.3 Å². The predicted molar refractivity (Wildman–Crippen MR) is 114 cm³/mol. The van der Waals surface area contributed by atoms with E-state index in [0.29, 0.717) is 0 Å². The van der Waals surface area contributed by atoms with E-state index in [0.717, 1.165) is 11.1 Å². The van der Waals surface area contributed by atoms with Gasteiger partial charge in [-0.25, -0.2) is 9.59 Å². The van der Waals surface area contributed by atoms with Crippen LogP contribution in [-0.2, 0) is 41.8 Å². The van der Waals surface area contributed by atoms with Gasteiger partial charge < -0.3 is 19.9 Å². The molecule has 0 saturated carbocycles. The van der Waals surface area contributed by atoms with Crippen molar-refractivity contribution in [1.29, 1.82) is 0 Å². The van der Waals surface area contributed by atoms with Gasteiger partial charge in [0.05, 0.1) is 0 Å². The molecule has 31 heavy (non-hydrogen) atoms. The van der Waals surface area contributed by atoms with Crippen molar-refractivity contribution in [3.8, 4) is 0 Å². The van der Waals surface area contributed by atoms with Gasteiger partial charge in [0, 0.05) is 6.42 Å². The first-order valence-corrected chi connectivity index (χ1v) is 10.0. The minimum Gasteiger partial charge on any atom is -0.461 e. The normalized spacial score (nSPS) is 13.0. The van der Waals surface area contributed by atoms with Crippen LogP contribution in [0.1, 0.15) is 44.7 Å². The molecule has 1 atom stereocenters. The summed E-state index contributed by atoms with van der Waals surface area (Å²) in [5.74, 6) is -2.49. The molecule has 0 aliphatic heterocycles. The number of hydrogen-bond donors (Lipinski definition) is 1. The van der Waals surface area contributed by atoms with Crippen LogP contribution in [0.4, 0.5) is 0 Å². The zero-order valence-corrected chi connectivity index (χ0v) is 18.1. The van der Waals surface area contributed by atoms with Crippen LogP contribution < -0.4 is 5.73 Å². The molecule has 0 aromatic heterocycles. The van der Waals surface area contributed by atoms with Crippen molar-refractivity contribution in [2.24, 2.45) is 5.73 Å². The first kappa shape index (κ1) is 24.1. The van der Waals surface area contributed by atoms with Crippen LogP contribution in [0.3, 0.4) is 0 Å². The van der Waals surface area contributed by atoms with Crippen LogP contribution in [0, 0.1) is 0 Å². The summed E-state index contributed by atoms with van der Waals surface area (Å²) in [7, 11) is 0. The molecule has 0 saturated heterocycles. The monoisotopic (exact) mass is 427 g/mol. The summed E-state index contributed by atoms with van der Waals surface area (Å²) in [6, 6.07) is 18.2. The summed E-state index contributed by atoms with van der Waals surface area (Å²) in [6.07, 6.45) is -0.549. The molecule has 0 heterocycles. The average molecular weight is 427 g/mol. The van der Waals surface area contributed by atoms with E-state index < -0.39 is 29.0 Å². The molecular weight excluding hydrogens is 398 g/mol. The molecule has 2 aromatic rings. The quantitative estimate of drug-likeness (QED) is 0.372. The summed E-state index contributed by atoms with van der Waals surface area (Å²) in [4.78, 5) is 37.7. The van der Waals surface area contributed by atoms with Gasteiger partial charge in [0.25, 0.3) is 0 Å². The average Bonchev–Trinajstić information content (AvgIpc) is 2.74. The molecule has 0 aliphatic rings. The fourth-order valence-corrected chi connectivity index (χ4v) is 2.62. The highest BCUT2D eigenvalue weighted by Gasteiger charge is 2.47. The molecule has 166 valence electrons. The number of benzene rings is 2. The second kappa shape index (κ2) is 10.7. The number of esters is 3. The molecule has 0 fully saturated rings. The largest absolute Gasteiger partial charge is 0.461 e. The second-order valence-electron chi connectivity index (χ2n) is 8.18. The lowest BCUT2D eigenvalue weighted by Gasteiger charge is -2.29. The van der Waals surface area contributed by atoms with Crippen molar-refractivity contribution in [3.05, 3.63) is 71.8 Å². The Bertz CT molecular complexity index is 876. The Kier molecular flexibility index (Phi) is 8.33.